The summed E-state index contributed by atoms with van der Waals surface area (Å²) < 4.78 is 11.5. The molecule has 0 spiro atoms. The van der Waals surface area contributed by atoms with Gasteiger partial charge in [-0.15, -0.1) is 11.3 Å². The molecule has 4 rings (SSSR count). The molecule has 134 valence electrons. The third-order valence-electron chi connectivity index (χ3n) is 4.41. The predicted octanol–water partition coefficient (Wildman–Crippen LogP) is 4.45. The molecule has 0 atom stereocenters. The molecule has 3 aromatic rings. The van der Waals surface area contributed by atoms with Crippen molar-refractivity contribution in [3.8, 4) is 21.9 Å². The van der Waals surface area contributed by atoms with Crippen LogP contribution in [0.5, 0.6) is 11.5 Å². The average Bonchev–Trinajstić information content (AvgIpc) is 3.31. The van der Waals surface area contributed by atoms with Crippen LogP contribution in [-0.2, 0) is 17.8 Å². The van der Waals surface area contributed by atoms with E-state index in [1.807, 2.05) is 33.9 Å². The second kappa shape index (κ2) is 7.51. The quantitative estimate of drug-likeness (QED) is 0.666. The Morgan fingerprint density at radius 2 is 2.23 bits per heavy atom. The van der Waals surface area contributed by atoms with E-state index in [0.717, 1.165) is 28.2 Å². The second-order valence-electron chi connectivity index (χ2n) is 6.12. The summed E-state index contributed by atoms with van der Waals surface area (Å²) >= 11 is 3.30. The number of thiophene rings is 2. The number of amides is 1. The van der Waals surface area contributed by atoms with Crippen molar-refractivity contribution in [2.45, 2.75) is 13.0 Å². The lowest BCUT2D eigenvalue weighted by Gasteiger charge is -2.20. The molecule has 0 bridgehead atoms. The third kappa shape index (κ3) is 3.48. The summed E-state index contributed by atoms with van der Waals surface area (Å²) in [6.07, 6.45) is 0.431. The van der Waals surface area contributed by atoms with Crippen LogP contribution in [0, 0.1) is 0 Å². The summed E-state index contributed by atoms with van der Waals surface area (Å²) in [5.74, 6) is 1.59. The summed E-state index contributed by atoms with van der Waals surface area (Å²) in [6, 6.07) is 10.2. The van der Waals surface area contributed by atoms with Gasteiger partial charge in [0.15, 0.2) is 11.5 Å². The summed E-state index contributed by atoms with van der Waals surface area (Å²) in [6.45, 7) is 1.58. The van der Waals surface area contributed by atoms with Crippen LogP contribution in [0.25, 0.3) is 10.4 Å². The molecule has 1 aromatic carbocycles. The van der Waals surface area contributed by atoms with E-state index in [1.165, 1.54) is 4.88 Å². The van der Waals surface area contributed by atoms with Gasteiger partial charge in [-0.25, -0.2) is 0 Å². The Bertz CT molecular complexity index is 888. The van der Waals surface area contributed by atoms with Crippen LogP contribution < -0.4 is 9.47 Å². The maximum absolute atomic E-state index is 12.7. The van der Waals surface area contributed by atoms with Crippen LogP contribution in [-0.4, -0.2) is 31.1 Å². The van der Waals surface area contributed by atoms with Crippen molar-refractivity contribution in [1.29, 1.82) is 0 Å². The number of hydrogen-bond donors (Lipinski definition) is 0. The van der Waals surface area contributed by atoms with E-state index in [9.17, 15) is 4.79 Å². The molecular weight excluding hydrogens is 366 g/mol. The van der Waals surface area contributed by atoms with Crippen LogP contribution in [0.3, 0.4) is 0 Å². The molecule has 6 heteroatoms. The van der Waals surface area contributed by atoms with E-state index < -0.39 is 0 Å². The molecule has 2 aromatic heterocycles. The van der Waals surface area contributed by atoms with Crippen LogP contribution >= 0.6 is 22.7 Å². The maximum Gasteiger partial charge on any atom is 0.227 e. The first-order chi connectivity index (χ1) is 12.7. The zero-order chi connectivity index (χ0) is 17.9. The molecule has 3 heterocycles. The van der Waals surface area contributed by atoms with Crippen molar-refractivity contribution in [3.05, 3.63) is 57.6 Å². The van der Waals surface area contributed by atoms with Gasteiger partial charge in [-0.2, -0.15) is 11.3 Å². The number of nitrogens with zero attached hydrogens (tertiary/aromatic N) is 1. The molecule has 0 N–H and O–H groups in total. The SMILES string of the molecule is COc1cc(-c2cccs2)cc2c1OCCN(C(=O)Cc1ccsc1)C2. The zero-order valence-electron chi connectivity index (χ0n) is 14.4. The van der Waals surface area contributed by atoms with Crippen molar-refractivity contribution in [2.24, 2.45) is 0 Å². The van der Waals surface area contributed by atoms with Gasteiger partial charge in [-0.3, -0.25) is 4.79 Å². The largest absolute Gasteiger partial charge is 0.493 e. The number of carbonyl (C=O) groups is 1. The maximum atomic E-state index is 12.7. The Balaban J connectivity index is 1.64. The van der Waals surface area contributed by atoms with E-state index in [0.29, 0.717) is 26.1 Å². The van der Waals surface area contributed by atoms with Gasteiger partial charge in [0.2, 0.25) is 5.91 Å². The molecule has 0 aliphatic carbocycles. The fourth-order valence-electron chi connectivity index (χ4n) is 3.11. The number of carbonyl (C=O) groups excluding carboxylic acids is 1. The number of ether oxygens (including phenoxy) is 2. The zero-order valence-corrected chi connectivity index (χ0v) is 16.1. The van der Waals surface area contributed by atoms with Gasteiger partial charge in [-0.1, -0.05) is 6.07 Å². The first kappa shape index (κ1) is 17.1. The van der Waals surface area contributed by atoms with Crippen molar-refractivity contribution in [3.63, 3.8) is 0 Å². The molecular formula is C20H19NO3S2. The van der Waals surface area contributed by atoms with Crippen LogP contribution in [0.4, 0.5) is 0 Å². The van der Waals surface area contributed by atoms with Crippen molar-refractivity contribution >= 4 is 28.6 Å². The Hall–Kier alpha value is -2.31. The molecule has 1 amide bonds. The smallest absolute Gasteiger partial charge is 0.227 e. The first-order valence-electron chi connectivity index (χ1n) is 8.41. The highest BCUT2D eigenvalue weighted by molar-refractivity contribution is 7.13. The Morgan fingerprint density at radius 1 is 1.31 bits per heavy atom. The van der Waals surface area contributed by atoms with Crippen LogP contribution in [0.15, 0.2) is 46.5 Å². The van der Waals surface area contributed by atoms with Gasteiger partial charge in [0.1, 0.15) is 6.61 Å². The summed E-state index contributed by atoms with van der Waals surface area (Å²) in [5, 5.41) is 6.08. The van der Waals surface area contributed by atoms with Crippen molar-refractivity contribution in [2.75, 3.05) is 20.3 Å². The lowest BCUT2D eigenvalue weighted by molar-refractivity contribution is -0.131. The number of hydrogen-bond acceptors (Lipinski definition) is 5. The summed E-state index contributed by atoms with van der Waals surface area (Å²) in [4.78, 5) is 15.8. The highest BCUT2D eigenvalue weighted by atomic mass is 32.1. The van der Waals surface area contributed by atoms with Crippen LogP contribution in [0.1, 0.15) is 11.1 Å². The van der Waals surface area contributed by atoms with E-state index in [4.69, 9.17) is 9.47 Å². The predicted molar refractivity (Wildman–Crippen MR) is 105 cm³/mol. The minimum atomic E-state index is 0.125. The molecule has 4 nitrogen and oxygen atoms in total. The molecule has 0 saturated carbocycles. The van der Waals surface area contributed by atoms with Crippen LogP contribution in [0.2, 0.25) is 0 Å². The molecule has 0 fully saturated rings. The lowest BCUT2D eigenvalue weighted by Crippen LogP contribution is -2.33. The van der Waals surface area contributed by atoms with Crippen molar-refractivity contribution in [1.82, 2.24) is 4.90 Å². The Labute approximate surface area is 160 Å². The summed E-state index contributed by atoms with van der Waals surface area (Å²) in [5.41, 5.74) is 3.14. The average molecular weight is 386 g/mol. The second-order valence-corrected chi connectivity index (χ2v) is 7.84. The first-order valence-corrected chi connectivity index (χ1v) is 10.2. The number of benzene rings is 1. The van der Waals surface area contributed by atoms with E-state index in [1.54, 1.807) is 29.8 Å². The number of methoxy groups -OCH3 is 1. The fraction of sp³-hybridized carbons (Fsp3) is 0.250. The minimum Gasteiger partial charge on any atom is -0.493 e. The van der Waals surface area contributed by atoms with E-state index in [2.05, 4.69) is 17.5 Å². The van der Waals surface area contributed by atoms with Gasteiger partial charge in [-0.05, 0) is 51.5 Å². The molecule has 0 unspecified atom stereocenters. The van der Waals surface area contributed by atoms with Gasteiger partial charge >= 0.3 is 0 Å². The van der Waals surface area contributed by atoms with E-state index >= 15 is 0 Å². The molecule has 1 aliphatic heterocycles. The number of rotatable bonds is 4. The Kier molecular flexibility index (Phi) is 4.95. The number of fused-ring (bicyclic) bond motifs is 1. The molecule has 26 heavy (non-hydrogen) atoms. The molecule has 0 saturated heterocycles. The van der Waals surface area contributed by atoms with Gasteiger partial charge < -0.3 is 14.4 Å². The highest BCUT2D eigenvalue weighted by Crippen LogP contribution is 2.39. The standard InChI is InChI=1S/C20H19NO3S2/c1-23-17-11-15(18-3-2-7-26-18)10-16-12-21(5-6-24-20(16)17)19(22)9-14-4-8-25-13-14/h2-4,7-8,10-11,13H,5-6,9,12H2,1H3. The lowest BCUT2D eigenvalue weighted by atomic mass is 10.1. The monoisotopic (exact) mass is 385 g/mol. The Morgan fingerprint density at radius 3 is 2.96 bits per heavy atom. The molecule has 0 radical (unpaired) electrons. The minimum absolute atomic E-state index is 0.125. The fourth-order valence-corrected chi connectivity index (χ4v) is 4.50. The van der Waals surface area contributed by atoms with E-state index in [-0.39, 0.29) is 5.91 Å². The highest BCUT2D eigenvalue weighted by Gasteiger charge is 2.23. The topological polar surface area (TPSA) is 38.8 Å². The third-order valence-corrected chi connectivity index (χ3v) is 6.07. The summed E-state index contributed by atoms with van der Waals surface area (Å²) in [7, 11) is 1.65. The normalized spacial score (nSPS) is 13.7. The van der Waals surface area contributed by atoms with Gasteiger partial charge in [0.25, 0.3) is 0 Å². The van der Waals surface area contributed by atoms with Gasteiger partial charge in [0, 0.05) is 17.0 Å². The van der Waals surface area contributed by atoms with Gasteiger partial charge in [0.05, 0.1) is 20.1 Å². The van der Waals surface area contributed by atoms with Crippen molar-refractivity contribution < 1.29 is 14.3 Å². The molecule has 1 aliphatic rings.